The van der Waals surface area contributed by atoms with Crippen molar-refractivity contribution in [2.45, 2.75) is 0 Å². The molecule has 0 saturated carbocycles. The Bertz CT molecular complexity index is 716. The first-order chi connectivity index (χ1) is 11.7. The number of nitrogens with one attached hydrogen (secondary N) is 1. The zero-order valence-electron chi connectivity index (χ0n) is 13.3. The maximum Gasteiger partial charge on any atom is 0.259 e. The fourth-order valence-electron chi connectivity index (χ4n) is 2.50. The lowest BCUT2D eigenvalue weighted by atomic mass is 10.2. The minimum Gasteiger partial charge on any atom is -0.496 e. The molecule has 1 fully saturated rings. The van der Waals surface area contributed by atoms with Crippen molar-refractivity contribution in [1.29, 1.82) is 0 Å². The van der Waals surface area contributed by atoms with Gasteiger partial charge in [0, 0.05) is 18.1 Å². The SMILES string of the molecule is COc1ccc(Cl)cc1C(=O)Nc1ccc(N2CCOCC2)nc1. The highest BCUT2D eigenvalue weighted by Gasteiger charge is 2.15. The molecule has 0 radical (unpaired) electrons. The van der Waals surface area contributed by atoms with Crippen LogP contribution >= 0.6 is 11.6 Å². The van der Waals surface area contributed by atoms with Gasteiger partial charge in [-0.05, 0) is 30.3 Å². The van der Waals surface area contributed by atoms with Crippen molar-refractivity contribution in [3.05, 3.63) is 47.1 Å². The van der Waals surface area contributed by atoms with E-state index in [-0.39, 0.29) is 5.91 Å². The zero-order chi connectivity index (χ0) is 16.9. The number of methoxy groups -OCH3 is 1. The number of aromatic nitrogens is 1. The second kappa shape index (κ2) is 7.51. The van der Waals surface area contributed by atoms with Gasteiger partial charge in [0.2, 0.25) is 0 Å². The van der Waals surface area contributed by atoms with Gasteiger partial charge in [0.25, 0.3) is 5.91 Å². The van der Waals surface area contributed by atoms with Gasteiger partial charge in [-0.1, -0.05) is 11.6 Å². The number of anilines is 2. The van der Waals surface area contributed by atoms with Gasteiger partial charge in [-0.2, -0.15) is 0 Å². The lowest BCUT2D eigenvalue weighted by Crippen LogP contribution is -2.36. The summed E-state index contributed by atoms with van der Waals surface area (Å²) in [4.78, 5) is 19.0. The minimum absolute atomic E-state index is 0.296. The lowest BCUT2D eigenvalue weighted by molar-refractivity contribution is 0.102. The molecule has 1 amide bonds. The Kier molecular flexibility index (Phi) is 5.17. The fraction of sp³-hybridized carbons (Fsp3) is 0.294. The molecule has 1 aliphatic heterocycles. The lowest BCUT2D eigenvalue weighted by Gasteiger charge is -2.27. The van der Waals surface area contributed by atoms with Crippen LogP contribution < -0.4 is 15.0 Å². The molecule has 3 rings (SSSR count). The van der Waals surface area contributed by atoms with Gasteiger partial charge in [0.1, 0.15) is 11.6 Å². The number of hydrogen-bond acceptors (Lipinski definition) is 5. The second-order valence-corrected chi connectivity index (χ2v) is 5.74. The van der Waals surface area contributed by atoms with Crippen molar-refractivity contribution >= 4 is 29.0 Å². The van der Waals surface area contributed by atoms with E-state index in [2.05, 4.69) is 15.2 Å². The first kappa shape index (κ1) is 16.5. The van der Waals surface area contributed by atoms with Gasteiger partial charge in [-0.3, -0.25) is 4.79 Å². The van der Waals surface area contributed by atoms with Crippen LogP contribution in [0.15, 0.2) is 36.5 Å². The summed E-state index contributed by atoms with van der Waals surface area (Å²) in [6.45, 7) is 3.04. The number of hydrogen-bond donors (Lipinski definition) is 1. The highest BCUT2D eigenvalue weighted by atomic mass is 35.5. The molecule has 1 aromatic heterocycles. The monoisotopic (exact) mass is 347 g/mol. The summed E-state index contributed by atoms with van der Waals surface area (Å²) in [7, 11) is 1.51. The standard InChI is InChI=1S/C17H18ClN3O3/c1-23-15-4-2-12(18)10-14(15)17(22)20-13-3-5-16(19-11-13)21-6-8-24-9-7-21/h2-5,10-11H,6-9H2,1H3,(H,20,22). The summed E-state index contributed by atoms with van der Waals surface area (Å²) < 4.78 is 10.5. The van der Waals surface area contributed by atoms with E-state index >= 15 is 0 Å². The summed E-state index contributed by atoms with van der Waals surface area (Å²) in [5.74, 6) is 1.04. The molecular weight excluding hydrogens is 330 g/mol. The van der Waals surface area contributed by atoms with Gasteiger partial charge >= 0.3 is 0 Å². The number of amides is 1. The Hall–Kier alpha value is -2.31. The van der Waals surface area contributed by atoms with E-state index in [0.717, 1.165) is 18.9 Å². The summed E-state index contributed by atoms with van der Waals surface area (Å²) in [5, 5.41) is 3.28. The van der Waals surface area contributed by atoms with Crippen LogP contribution in [0.25, 0.3) is 0 Å². The highest BCUT2D eigenvalue weighted by Crippen LogP contribution is 2.24. The van der Waals surface area contributed by atoms with E-state index in [9.17, 15) is 4.79 Å². The van der Waals surface area contributed by atoms with Gasteiger partial charge in [0.15, 0.2) is 0 Å². The topological polar surface area (TPSA) is 63.7 Å². The maximum absolute atomic E-state index is 12.4. The first-order valence-corrected chi connectivity index (χ1v) is 7.99. The average molecular weight is 348 g/mol. The van der Waals surface area contributed by atoms with Crippen molar-refractivity contribution in [3.8, 4) is 5.75 Å². The number of carbonyl (C=O) groups excluding carboxylic acids is 1. The fourth-order valence-corrected chi connectivity index (χ4v) is 2.67. The van der Waals surface area contributed by atoms with Crippen LogP contribution in [0.5, 0.6) is 5.75 Å². The van der Waals surface area contributed by atoms with Crippen LogP contribution in [0.1, 0.15) is 10.4 Å². The maximum atomic E-state index is 12.4. The molecular formula is C17H18ClN3O3. The number of pyridine rings is 1. The molecule has 0 atom stereocenters. The molecule has 2 aromatic rings. The molecule has 7 heteroatoms. The van der Waals surface area contributed by atoms with Gasteiger partial charge in [-0.25, -0.2) is 4.98 Å². The number of rotatable bonds is 4. The molecule has 0 spiro atoms. The number of carbonyl (C=O) groups is 1. The summed E-state index contributed by atoms with van der Waals surface area (Å²) in [5.41, 5.74) is 0.987. The van der Waals surface area contributed by atoms with Gasteiger partial charge < -0.3 is 19.7 Å². The third kappa shape index (κ3) is 3.77. The van der Waals surface area contributed by atoms with E-state index in [4.69, 9.17) is 21.1 Å². The highest BCUT2D eigenvalue weighted by molar-refractivity contribution is 6.31. The van der Waals surface area contributed by atoms with Gasteiger partial charge in [0.05, 0.1) is 37.8 Å². The molecule has 0 unspecified atom stereocenters. The molecule has 24 heavy (non-hydrogen) atoms. The van der Waals surface area contributed by atoms with Crippen molar-refractivity contribution < 1.29 is 14.3 Å². The van der Waals surface area contributed by atoms with Crippen LogP contribution in [-0.4, -0.2) is 44.3 Å². The Labute approximate surface area is 145 Å². The quantitative estimate of drug-likeness (QED) is 0.921. The molecule has 126 valence electrons. The van der Waals surface area contributed by atoms with Crippen molar-refractivity contribution in [2.75, 3.05) is 43.6 Å². The number of ether oxygens (including phenoxy) is 2. The predicted molar refractivity (Wildman–Crippen MR) is 93.2 cm³/mol. The number of nitrogens with zero attached hydrogens (tertiary/aromatic N) is 2. The van der Waals surface area contributed by atoms with Crippen molar-refractivity contribution in [2.24, 2.45) is 0 Å². The molecule has 1 N–H and O–H groups in total. The molecule has 1 aliphatic rings. The predicted octanol–water partition coefficient (Wildman–Crippen LogP) is 2.83. The zero-order valence-corrected chi connectivity index (χ0v) is 14.0. The Morgan fingerprint density at radius 1 is 1.29 bits per heavy atom. The number of halogens is 1. The molecule has 1 aromatic carbocycles. The Balaban J connectivity index is 1.71. The Morgan fingerprint density at radius 2 is 2.08 bits per heavy atom. The Morgan fingerprint density at radius 3 is 2.75 bits per heavy atom. The largest absolute Gasteiger partial charge is 0.496 e. The van der Waals surface area contributed by atoms with E-state index in [1.807, 2.05) is 12.1 Å². The van der Waals surface area contributed by atoms with Crippen LogP contribution in [0, 0.1) is 0 Å². The second-order valence-electron chi connectivity index (χ2n) is 5.30. The van der Waals surface area contributed by atoms with Crippen LogP contribution in [0.2, 0.25) is 5.02 Å². The molecule has 0 aliphatic carbocycles. The number of benzene rings is 1. The third-order valence-corrected chi connectivity index (χ3v) is 3.98. The average Bonchev–Trinajstić information content (AvgIpc) is 2.63. The van der Waals surface area contributed by atoms with Crippen LogP contribution in [-0.2, 0) is 4.74 Å². The number of morpholine rings is 1. The van der Waals surface area contributed by atoms with E-state index in [1.54, 1.807) is 24.4 Å². The summed E-state index contributed by atoms with van der Waals surface area (Å²) in [6, 6.07) is 8.63. The van der Waals surface area contributed by atoms with Gasteiger partial charge in [-0.15, -0.1) is 0 Å². The van der Waals surface area contributed by atoms with E-state index < -0.39 is 0 Å². The van der Waals surface area contributed by atoms with Crippen LogP contribution in [0.4, 0.5) is 11.5 Å². The van der Waals surface area contributed by atoms with Crippen LogP contribution in [0.3, 0.4) is 0 Å². The smallest absolute Gasteiger partial charge is 0.259 e. The minimum atomic E-state index is -0.296. The summed E-state index contributed by atoms with van der Waals surface area (Å²) >= 11 is 5.96. The van der Waals surface area contributed by atoms with E-state index in [1.165, 1.54) is 7.11 Å². The summed E-state index contributed by atoms with van der Waals surface area (Å²) in [6.07, 6.45) is 1.64. The normalized spacial score (nSPS) is 14.3. The first-order valence-electron chi connectivity index (χ1n) is 7.61. The molecule has 2 heterocycles. The molecule has 0 bridgehead atoms. The van der Waals surface area contributed by atoms with E-state index in [0.29, 0.717) is 35.2 Å². The van der Waals surface area contributed by atoms with Crippen molar-refractivity contribution in [3.63, 3.8) is 0 Å². The third-order valence-electron chi connectivity index (χ3n) is 3.75. The molecule has 6 nitrogen and oxygen atoms in total. The molecule has 1 saturated heterocycles. The van der Waals surface area contributed by atoms with Crippen molar-refractivity contribution in [1.82, 2.24) is 4.98 Å².